The van der Waals surface area contributed by atoms with Crippen molar-refractivity contribution in [2.45, 2.75) is 71.6 Å². The fraction of sp³-hybridized carbons (Fsp3) is 0.667. The summed E-state index contributed by atoms with van der Waals surface area (Å²) in [5, 5.41) is 0. The quantitative estimate of drug-likeness (QED) is 0.829. The Morgan fingerprint density at radius 1 is 0.947 bits per heavy atom. The summed E-state index contributed by atoms with van der Waals surface area (Å²) in [7, 11) is 0. The molecule has 1 heteroatoms. The minimum absolute atomic E-state index is 0.315. The van der Waals surface area contributed by atoms with Gasteiger partial charge in [-0.3, -0.25) is 0 Å². The van der Waals surface area contributed by atoms with Gasteiger partial charge in [0.1, 0.15) is 0 Å². The molecule has 0 saturated heterocycles. The highest BCUT2D eigenvalue weighted by Crippen LogP contribution is 2.45. The number of rotatable bonds is 2. The first-order chi connectivity index (χ1) is 8.87. The molecule has 0 heterocycles. The molecule has 0 atom stereocenters. The highest BCUT2D eigenvalue weighted by atomic mass is 14.5. The Balaban J connectivity index is 0.000000861. The third-order valence-corrected chi connectivity index (χ3v) is 4.35. The molecule has 2 N–H and O–H groups in total. The average molecular weight is 261 g/mol. The summed E-state index contributed by atoms with van der Waals surface area (Å²) < 4.78 is 0. The zero-order valence-corrected chi connectivity index (χ0v) is 13.6. The van der Waals surface area contributed by atoms with Gasteiger partial charge in [-0.1, -0.05) is 59.7 Å². The summed E-state index contributed by atoms with van der Waals surface area (Å²) in [6, 6.07) is 6.99. The van der Waals surface area contributed by atoms with Gasteiger partial charge in [-0.25, -0.2) is 0 Å². The van der Waals surface area contributed by atoms with Crippen molar-refractivity contribution >= 4 is 0 Å². The van der Waals surface area contributed by atoms with Crippen LogP contribution in [0.3, 0.4) is 0 Å². The number of hydrogen-bond donors (Lipinski definition) is 1. The molecule has 108 valence electrons. The van der Waals surface area contributed by atoms with Crippen LogP contribution in [0.4, 0.5) is 0 Å². The highest BCUT2D eigenvalue weighted by molar-refractivity contribution is 5.43. The van der Waals surface area contributed by atoms with Gasteiger partial charge in [-0.15, -0.1) is 0 Å². The summed E-state index contributed by atoms with van der Waals surface area (Å²) in [5.74, 6) is 0. The zero-order valence-electron chi connectivity index (χ0n) is 13.6. The van der Waals surface area contributed by atoms with Gasteiger partial charge in [-0.2, -0.15) is 0 Å². The van der Waals surface area contributed by atoms with Gasteiger partial charge in [0, 0.05) is 0 Å². The Hall–Kier alpha value is -0.820. The fourth-order valence-corrected chi connectivity index (χ4v) is 2.96. The topological polar surface area (TPSA) is 26.0 Å². The molecule has 0 aromatic heterocycles. The van der Waals surface area contributed by atoms with Crippen molar-refractivity contribution in [3.8, 4) is 0 Å². The van der Waals surface area contributed by atoms with Crippen LogP contribution < -0.4 is 5.73 Å². The molecule has 0 unspecified atom stereocenters. The van der Waals surface area contributed by atoms with Crippen molar-refractivity contribution in [1.82, 2.24) is 0 Å². The zero-order chi connectivity index (χ0) is 14.7. The molecular formula is C18H31N. The van der Waals surface area contributed by atoms with Gasteiger partial charge < -0.3 is 5.73 Å². The fourth-order valence-electron chi connectivity index (χ4n) is 2.96. The van der Waals surface area contributed by atoms with E-state index in [0.717, 1.165) is 13.0 Å². The monoisotopic (exact) mass is 261 g/mol. The maximum Gasteiger partial charge on any atom is -0.00367 e. The summed E-state index contributed by atoms with van der Waals surface area (Å²) in [4.78, 5) is 0. The van der Waals surface area contributed by atoms with Crippen molar-refractivity contribution in [3.63, 3.8) is 0 Å². The van der Waals surface area contributed by atoms with Gasteiger partial charge in [-0.05, 0) is 53.3 Å². The summed E-state index contributed by atoms with van der Waals surface area (Å²) >= 11 is 0. The molecule has 0 bridgehead atoms. The van der Waals surface area contributed by atoms with E-state index in [1.54, 1.807) is 5.56 Å². The van der Waals surface area contributed by atoms with Crippen LogP contribution >= 0.6 is 0 Å². The summed E-state index contributed by atoms with van der Waals surface area (Å²) in [6.07, 6.45) is 3.55. The molecule has 2 rings (SSSR count). The lowest BCUT2D eigenvalue weighted by Crippen LogP contribution is -2.33. The molecule has 0 aliphatic heterocycles. The van der Waals surface area contributed by atoms with E-state index in [-0.39, 0.29) is 0 Å². The predicted octanol–water partition coefficient (Wildman–Crippen LogP) is 4.56. The Kier molecular flexibility index (Phi) is 5.20. The van der Waals surface area contributed by atoms with E-state index >= 15 is 0 Å². The van der Waals surface area contributed by atoms with E-state index in [1.807, 2.05) is 13.8 Å². The lowest BCUT2D eigenvalue weighted by atomic mass is 9.63. The Bertz CT molecular complexity index is 416. The Morgan fingerprint density at radius 3 is 2.00 bits per heavy atom. The van der Waals surface area contributed by atoms with Crippen molar-refractivity contribution in [3.05, 3.63) is 34.9 Å². The number of benzene rings is 1. The van der Waals surface area contributed by atoms with E-state index in [0.29, 0.717) is 10.8 Å². The van der Waals surface area contributed by atoms with E-state index in [9.17, 15) is 0 Å². The highest BCUT2D eigenvalue weighted by Gasteiger charge is 2.36. The van der Waals surface area contributed by atoms with Gasteiger partial charge in [0.2, 0.25) is 0 Å². The normalized spacial score (nSPS) is 19.1. The summed E-state index contributed by atoms with van der Waals surface area (Å²) in [6.45, 7) is 14.2. The third-order valence-electron chi connectivity index (χ3n) is 4.35. The second kappa shape index (κ2) is 6.09. The van der Waals surface area contributed by atoms with E-state index in [4.69, 9.17) is 5.73 Å². The van der Waals surface area contributed by atoms with Gasteiger partial charge in [0.15, 0.2) is 0 Å². The molecule has 1 aliphatic rings. The van der Waals surface area contributed by atoms with Crippen LogP contribution in [0.25, 0.3) is 0 Å². The van der Waals surface area contributed by atoms with Crippen molar-refractivity contribution in [1.29, 1.82) is 0 Å². The van der Waals surface area contributed by atoms with E-state index < -0.39 is 0 Å². The van der Waals surface area contributed by atoms with Crippen LogP contribution in [-0.2, 0) is 17.3 Å². The maximum absolute atomic E-state index is 5.66. The Labute approximate surface area is 119 Å². The molecule has 0 amide bonds. The molecule has 0 fully saturated rings. The maximum atomic E-state index is 5.66. The minimum atomic E-state index is 0.315. The van der Waals surface area contributed by atoms with E-state index in [1.165, 1.54) is 24.0 Å². The largest absolute Gasteiger partial charge is 0.330 e. The number of fused-ring (bicyclic) bond motifs is 1. The first kappa shape index (κ1) is 16.2. The van der Waals surface area contributed by atoms with Crippen LogP contribution in [0, 0.1) is 0 Å². The summed E-state index contributed by atoms with van der Waals surface area (Å²) in [5.41, 5.74) is 10.8. The Morgan fingerprint density at radius 2 is 1.47 bits per heavy atom. The van der Waals surface area contributed by atoms with Crippen molar-refractivity contribution in [2.75, 3.05) is 6.54 Å². The number of nitrogens with two attached hydrogens (primary N) is 1. The predicted molar refractivity (Wildman–Crippen MR) is 85.8 cm³/mol. The first-order valence-corrected chi connectivity index (χ1v) is 7.71. The second-order valence-electron chi connectivity index (χ2n) is 6.69. The SMILES string of the molecule is CC.CC1(C)CCC(C)(C)c2cc(CCN)ccc21. The second-order valence-corrected chi connectivity index (χ2v) is 6.69. The molecule has 1 aliphatic carbocycles. The van der Waals surface area contributed by atoms with E-state index in [2.05, 4.69) is 45.9 Å². The smallest absolute Gasteiger partial charge is 0.00367 e. The van der Waals surface area contributed by atoms with Crippen LogP contribution in [0.15, 0.2) is 18.2 Å². The van der Waals surface area contributed by atoms with Crippen molar-refractivity contribution in [2.24, 2.45) is 5.73 Å². The first-order valence-electron chi connectivity index (χ1n) is 7.71. The average Bonchev–Trinajstić information content (AvgIpc) is 2.38. The van der Waals surface area contributed by atoms with Crippen molar-refractivity contribution < 1.29 is 0 Å². The van der Waals surface area contributed by atoms with Gasteiger partial charge >= 0.3 is 0 Å². The lowest BCUT2D eigenvalue weighted by molar-refractivity contribution is 0.331. The standard InChI is InChI=1S/C16H25N.C2H6/c1-15(2)8-9-16(3,4)14-11-12(7-10-17)5-6-13(14)15;1-2/h5-6,11H,7-10,17H2,1-4H3;1-2H3. The molecule has 0 spiro atoms. The molecular weight excluding hydrogens is 230 g/mol. The van der Waals surface area contributed by atoms with Gasteiger partial charge in [0.05, 0.1) is 0 Å². The molecule has 0 saturated carbocycles. The van der Waals surface area contributed by atoms with Crippen LogP contribution in [0.5, 0.6) is 0 Å². The lowest BCUT2D eigenvalue weighted by Gasteiger charge is -2.42. The molecule has 0 radical (unpaired) electrons. The van der Waals surface area contributed by atoms with Crippen LogP contribution in [0.1, 0.15) is 71.1 Å². The van der Waals surface area contributed by atoms with Crippen LogP contribution in [-0.4, -0.2) is 6.54 Å². The molecule has 19 heavy (non-hydrogen) atoms. The molecule has 1 aromatic rings. The third kappa shape index (κ3) is 3.39. The minimum Gasteiger partial charge on any atom is -0.330 e. The van der Waals surface area contributed by atoms with Gasteiger partial charge in [0.25, 0.3) is 0 Å². The molecule has 1 nitrogen and oxygen atoms in total. The number of hydrogen-bond acceptors (Lipinski definition) is 1. The van der Waals surface area contributed by atoms with Crippen LogP contribution in [0.2, 0.25) is 0 Å². The molecule has 1 aromatic carbocycles.